The average Bonchev–Trinajstić information content (AvgIpc) is 2.07. The van der Waals surface area contributed by atoms with Crippen molar-refractivity contribution in [2.75, 3.05) is 0 Å². The molecule has 19 heavy (non-hydrogen) atoms. The van der Waals surface area contributed by atoms with E-state index in [4.69, 9.17) is 0 Å². The molecule has 0 atom stereocenters. The molecule has 0 saturated heterocycles. The molecule has 12 heteroatoms. The molecular weight excluding hydrogens is 420 g/mol. The van der Waals surface area contributed by atoms with Gasteiger partial charge < -0.3 is 0 Å². The van der Waals surface area contributed by atoms with Crippen LogP contribution >= 0.6 is 0 Å². The molecule has 0 rings (SSSR count). The van der Waals surface area contributed by atoms with Crippen molar-refractivity contribution in [1.82, 2.24) is 0 Å². The fraction of sp³-hybridized carbons (Fsp3) is 0.714. The van der Waals surface area contributed by atoms with Gasteiger partial charge in [0.05, 0.1) is 0 Å². The summed E-state index contributed by atoms with van der Waals surface area (Å²) in [4.78, 5) is 0. The number of alkyl halides is 12. The summed E-state index contributed by atoms with van der Waals surface area (Å²) in [6.45, 7) is -0.304. The topological polar surface area (TPSA) is 0 Å². The van der Waals surface area contributed by atoms with Crippen LogP contribution in [0.5, 0.6) is 0 Å². The first-order valence-corrected chi connectivity index (χ1v) is 6.11. The number of hydrogen-bond acceptors (Lipinski definition) is 0. The van der Waals surface area contributed by atoms with Gasteiger partial charge in [-0.25, -0.2) is 0 Å². The van der Waals surface area contributed by atoms with Crippen LogP contribution < -0.4 is 21.2 Å². The summed E-state index contributed by atoms with van der Waals surface area (Å²) in [6.07, 6.45) is -12.3. The van der Waals surface area contributed by atoms with E-state index in [0.29, 0.717) is 0 Å². The van der Waals surface area contributed by atoms with E-state index >= 15 is 0 Å². The van der Waals surface area contributed by atoms with Crippen molar-refractivity contribution in [1.29, 1.82) is 0 Å². The summed E-state index contributed by atoms with van der Waals surface area (Å²) < 4.78 is 125. The molecule has 0 aliphatic carbocycles. The van der Waals surface area contributed by atoms with Gasteiger partial charge in [-0.3, -0.25) is 0 Å². The molecule has 0 amide bonds. The van der Waals surface area contributed by atoms with Crippen LogP contribution in [0, 0.1) is 0 Å². The number of rotatable bonds is 2. The molecule has 0 aliphatic rings. The first kappa shape index (κ1) is 18.7. The van der Waals surface area contributed by atoms with Gasteiger partial charge >= 0.3 is 108 Å². The van der Waals surface area contributed by atoms with E-state index in [-0.39, 0.29) is 6.92 Å². The van der Waals surface area contributed by atoms with Crippen molar-refractivity contribution in [3.05, 3.63) is 9.15 Å². The van der Waals surface area contributed by atoms with Gasteiger partial charge in [-0.15, -0.1) is 0 Å². The van der Waals surface area contributed by atoms with E-state index in [1.807, 2.05) is 0 Å². The summed E-state index contributed by atoms with van der Waals surface area (Å²) in [5.74, 6) is -5.97. The van der Waals surface area contributed by atoms with Gasteiger partial charge in [0.1, 0.15) is 0 Å². The summed E-state index contributed by atoms with van der Waals surface area (Å²) in [6, 6.07) is 0. The standard InChI is InChI=1S/C7H3F11I/c1-2(4(8,9)6(13,14)15)3(5(10,11)12)19-7(16,17)18/h1H3/q-1/b3-2-. The Labute approximate surface area is 108 Å². The molecule has 0 bridgehead atoms. The fourth-order valence-electron chi connectivity index (χ4n) is 0.795. The Kier molecular flexibility index (Phi) is 5.15. The molecule has 0 nitrogen and oxygen atoms in total. The zero-order valence-electron chi connectivity index (χ0n) is 8.54. The van der Waals surface area contributed by atoms with Crippen LogP contribution in [-0.4, -0.2) is 22.5 Å². The summed E-state index contributed by atoms with van der Waals surface area (Å²) in [7, 11) is 0. The Morgan fingerprint density at radius 3 is 1.32 bits per heavy atom. The van der Waals surface area contributed by atoms with E-state index in [0.717, 1.165) is 0 Å². The molecule has 0 aromatic rings. The molecule has 0 fully saturated rings. The second kappa shape index (κ2) is 5.24. The van der Waals surface area contributed by atoms with Gasteiger partial charge in [0, 0.05) is 0 Å². The molecule has 0 spiro atoms. The monoisotopic (exact) mass is 423 g/mol. The Hall–Kier alpha value is -0.300. The maximum absolute atomic E-state index is 12.6. The average molecular weight is 423 g/mol. The third-order valence-corrected chi connectivity index (χ3v) is 4.18. The van der Waals surface area contributed by atoms with Crippen molar-refractivity contribution >= 4 is 0 Å². The molecule has 0 saturated carbocycles. The van der Waals surface area contributed by atoms with Crippen LogP contribution in [0.1, 0.15) is 6.92 Å². The molecule has 0 aromatic carbocycles. The SMILES string of the molecule is C/C(=C(/[I-]C(F)(F)F)C(F)(F)F)C(F)(F)C(F)(F)F. The molecular formula is C7H3F11I-. The van der Waals surface area contributed by atoms with Crippen molar-refractivity contribution in [3.8, 4) is 0 Å². The Morgan fingerprint density at radius 2 is 1.11 bits per heavy atom. The van der Waals surface area contributed by atoms with E-state index in [9.17, 15) is 48.3 Å². The summed E-state index contributed by atoms with van der Waals surface area (Å²) >= 11 is -4.05. The molecule has 0 N–H and O–H groups in total. The zero-order valence-corrected chi connectivity index (χ0v) is 10.7. The normalized spacial score (nSPS) is 16.6. The predicted octanol–water partition coefficient (Wildman–Crippen LogP) is 1.63. The molecule has 0 radical (unpaired) electrons. The van der Waals surface area contributed by atoms with Crippen LogP contribution in [0.25, 0.3) is 0 Å². The second-order valence-corrected chi connectivity index (χ2v) is 5.87. The quantitative estimate of drug-likeness (QED) is 0.360. The Morgan fingerprint density at radius 1 is 0.737 bits per heavy atom. The van der Waals surface area contributed by atoms with E-state index < -0.39 is 52.8 Å². The van der Waals surface area contributed by atoms with E-state index in [1.54, 1.807) is 0 Å². The first-order chi connectivity index (χ1) is 8.00. The molecule has 0 unspecified atom stereocenters. The van der Waals surface area contributed by atoms with Gasteiger partial charge in [-0.1, -0.05) is 0 Å². The zero-order chi connectivity index (χ0) is 15.9. The summed E-state index contributed by atoms with van der Waals surface area (Å²) in [5.41, 5.74) is -2.67. The van der Waals surface area contributed by atoms with Gasteiger partial charge in [0.15, 0.2) is 0 Å². The number of allylic oxidation sites excluding steroid dienone is 2. The van der Waals surface area contributed by atoms with Crippen LogP contribution in [-0.2, 0) is 0 Å². The fourth-order valence-corrected chi connectivity index (χ4v) is 2.46. The van der Waals surface area contributed by atoms with E-state index in [1.165, 1.54) is 0 Å². The molecule has 116 valence electrons. The second-order valence-electron chi connectivity index (χ2n) is 3.03. The molecule has 0 aliphatic heterocycles. The number of halogens is 12. The minimum absolute atomic E-state index is 0.304. The third kappa shape index (κ3) is 4.95. The Balaban J connectivity index is 5.90. The van der Waals surface area contributed by atoms with Crippen molar-refractivity contribution in [3.63, 3.8) is 0 Å². The van der Waals surface area contributed by atoms with Crippen molar-refractivity contribution in [2.24, 2.45) is 0 Å². The summed E-state index contributed by atoms with van der Waals surface area (Å²) in [5, 5.41) is 0. The van der Waals surface area contributed by atoms with Crippen LogP contribution in [0.15, 0.2) is 9.15 Å². The minimum atomic E-state index is -6.40. The van der Waals surface area contributed by atoms with Crippen LogP contribution in [0.3, 0.4) is 0 Å². The van der Waals surface area contributed by atoms with Crippen LogP contribution in [0.2, 0.25) is 0 Å². The van der Waals surface area contributed by atoms with Gasteiger partial charge in [-0.2, -0.15) is 0 Å². The van der Waals surface area contributed by atoms with Gasteiger partial charge in [-0.05, 0) is 0 Å². The molecule has 0 heterocycles. The Bertz CT molecular complexity index is 355. The first-order valence-electron chi connectivity index (χ1n) is 3.96. The number of hydrogen-bond donors (Lipinski definition) is 0. The van der Waals surface area contributed by atoms with Crippen LogP contribution in [0.4, 0.5) is 48.3 Å². The van der Waals surface area contributed by atoms with E-state index in [2.05, 4.69) is 0 Å². The maximum atomic E-state index is 12.6. The van der Waals surface area contributed by atoms with Crippen molar-refractivity contribution < 1.29 is 69.5 Å². The molecule has 0 aromatic heterocycles. The third-order valence-electron chi connectivity index (χ3n) is 1.61. The van der Waals surface area contributed by atoms with Gasteiger partial charge in [0.2, 0.25) is 0 Å². The predicted molar refractivity (Wildman–Crippen MR) is 35.8 cm³/mol. The van der Waals surface area contributed by atoms with Crippen molar-refractivity contribution in [2.45, 2.75) is 29.4 Å². The van der Waals surface area contributed by atoms with Gasteiger partial charge in [0.25, 0.3) is 0 Å².